The molecule has 1 aromatic carbocycles. The van der Waals surface area contributed by atoms with Crippen LogP contribution >= 0.6 is 23.8 Å². The number of aromatic amines is 2. The van der Waals surface area contributed by atoms with Gasteiger partial charge < -0.3 is 4.98 Å². The lowest BCUT2D eigenvalue weighted by Crippen LogP contribution is -1.86. The molecule has 0 saturated heterocycles. The molecule has 0 aliphatic heterocycles. The van der Waals surface area contributed by atoms with Crippen molar-refractivity contribution in [2.24, 2.45) is 0 Å². The first-order chi connectivity index (χ1) is 7.25. The largest absolute Gasteiger partial charge is 0.338 e. The normalized spacial score (nSPS) is 11.3. The van der Waals surface area contributed by atoms with Crippen molar-refractivity contribution in [3.05, 3.63) is 28.0 Å². The Morgan fingerprint density at radius 2 is 2.20 bits per heavy atom. The molecule has 0 saturated carbocycles. The molecule has 6 heteroatoms. The molecule has 0 fully saturated rings. The fraction of sp³-hybridized carbons (Fsp3) is 0. The van der Waals surface area contributed by atoms with Gasteiger partial charge in [-0.15, -0.1) is 0 Å². The van der Waals surface area contributed by atoms with Crippen molar-refractivity contribution in [3.63, 3.8) is 0 Å². The summed E-state index contributed by atoms with van der Waals surface area (Å²) >= 11 is 11.0. The fourth-order valence-corrected chi connectivity index (χ4v) is 2.00. The predicted molar refractivity (Wildman–Crippen MR) is 61.6 cm³/mol. The lowest BCUT2D eigenvalue weighted by atomic mass is 10.2. The Morgan fingerprint density at radius 3 is 3.07 bits per heavy atom. The molecule has 0 amide bonds. The zero-order valence-corrected chi connectivity index (χ0v) is 8.99. The number of rotatable bonds is 0. The zero-order valence-electron chi connectivity index (χ0n) is 7.41. The van der Waals surface area contributed by atoms with E-state index in [9.17, 15) is 0 Å². The summed E-state index contributed by atoms with van der Waals surface area (Å²) in [7, 11) is 0. The van der Waals surface area contributed by atoms with Crippen LogP contribution < -0.4 is 0 Å². The highest BCUT2D eigenvalue weighted by Crippen LogP contribution is 2.28. The Kier molecular flexibility index (Phi) is 1.77. The number of aromatic nitrogens is 4. The van der Waals surface area contributed by atoms with Crippen LogP contribution in [0.2, 0.25) is 5.02 Å². The second-order valence-corrected chi connectivity index (χ2v) is 3.92. The van der Waals surface area contributed by atoms with Crippen LogP contribution in [0.15, 0.2) is 18.2 Å². The van der Waals surface area contributed by atoms with E-state index in [4.69, 9.17) is 23.8 Å². The van der Waals surface area contributed by atoms with Gasteiger partial charge in [0.25, 0.3) is 0 Å². The van der Waals surface area contributed by atoms with Crippen molar-refractivity contribution < 1.29 is 0 Å². The molecule has 0 unspecified atom stereocenters. The quantitative estimate of drug-likeness (QED) is 0.590. The molecule has 4 nitrogen and oxygen atoms in total. The maximum atomic E-state index is 6.09. The van der Waals surface area contributed by atoms with Crippen LogP contribution in [-0.4, -0.2) is 20.2 Å². The first kappa shape index (κ1) is 8.82. The SMILES string of the molecule is S=c1nc2[nH]c3cccc(Cl)c3c2n[nH]1. The van der Waals surface area contributed by atoms with Crippen molar-refractivity contribution in [1.29, 1.82) is 0 Å². The van der Waals surface area contributed by atoms with Crippen LogP contribution in [-0.2, 0) is 0 Å². The van der Waals surface area contributed by atoms with Gasteiger partial charge in [-0.1, -0.05) is 17.7 Å². The molecule has 2 aromatic heterocycles. The van der Waals surface area contributed by atoms with Crippen molar-refractivity contribution in [2.75, 3.05) is 0 Å². The molecule has 0 radical (unpaired) electrons. The van der Waals surface area contributed by atoms with Crippen LogP contribution in [0.5, 0.6) is 0 Å². The summed E-state index contributed by atoms with van der Waals surface area (Å²) in [5.41, 5.74) is 2.28. The van der Waals surface area contributed by atoms with Crippen LogP contribution in [0.25, 0.3) is 22.1 Å². The van der Waals surface area contributed by atoms with Crippen molar-refractivity contribution in [2.45, 2.75) is 0 Å². The minimum Gasteiger partial charge on any atom is -0.338 e. The van der Waals surface area contributed by atoms with Crippen molar-refractivity contribution in [1.82, 2.24) is 20.2 Å². The maximum Gasteiger partial charge on any atom is 0.215 e. The molecule has 0 aliphatic rings. The van der Waals surface area contributed by atoms with Gasteiger partial charge >= 0.3 is 0 Å². The van der Waals surface area contributed by atoms with Gasteiger partial charge in [0.1, 0.15) is 5.52 Å². The van der Waals surface area contributed by atoms with Gasteiger partial charge in [0, 0.05) is 5.39 Å². The smallest absolute Gasteiger partial charge is 0.215 e. The average molecular weight is 237 g/mol. The molecule has 0 bridgehead atoms. The monoisotopic (exact) mass is 236 g/mol. The third kappa shape index (κ3) is 1.24. The number of hydrogen-bond donors (Lipinski definition) is 2. The molecule has 3 rings (SSSR count). The zero-order chi connectivity index (χ0) is 10.4. The van der Waals surface area contributed by atoms with Gasteiger partial charge in [-0.3, -0.25) is 5.10 Å². The summed E-state index contributed by atoms with van der Waals surface area (Å²) in [6, 6.07) is 5.62. The Balaban J connectivity index is 2.64. The van der Waals surface area contributed by atoms with Gasteiger partial charge in [0.2, 0.25) is 4.77 Å². The summed E-state index contributed by atoms with van der Waals surface area (Å²) < 4.78 is 0.352. The van der Waals surface area contributed by atoms with E-state index in [0.29, 0.717) is 21.0 Å². The molecule has 0 aliphatic carbocycles. The van der Waals surface area contributed by atoms with Crippen LogP contribution in [0, 0.1) is 4.77 Å². The molecule has 0 spiro atoms. The third-order valence-corrected chi connectivity index (χ3v) is 2.70. The van der Waals surface area contributed by atoms with Crippen LogP contribution in [0.4, 0.5) is 0 Å². The fourth-order valence-electron chi connectivity index (χ4n) is 1.59. The summed E-state index contributed by atoms with van der Waals surface area (Å²) in [6.45, 7) is 0. The summed E-state index contributed by atoms with van der Waals surface area (Å²) in [5, 5.41) is 8.30. The molecule has 15 heavy (non-hydrogen) atoms. The summed E-state index contributed by atoms with van der Waals surface area (Å²) in [4.78, 5) is 7.25. The van der Waals surface area contributed by atoms with Crippen molar-refractivity contribution >= 4 is 45.9 Å². The van der Waals surface area contributed by atoms with Gasteiger partial charge in [0.15, 0.2) is 5.65 Å². The van der Waals surface area contributed by atoms with E-state index < -0.39 is 0 Å². The minimum atomic E-state index is 0.352. The number of H-pyrrole nitrogens is 2. The number of nitrogens with one attached hydrogen (secondary N) is 2. The van der Waals surface area contributed by atoms with Gasteiger partial charge in [-0.25, -0.2) is 0 Å². The number of fused-ring (bicyclic) bond motifs is 3. The first-order valence-electron chi connectivity index (χ1n) is 4.28. The van der Waals surface area contributed by atoms with Gasteiger partial charge in [-0.2, -0.15) is 10.1 Å². The number of hydrogen-bond acceptors (Lipinski definition) is 3. The molecule has 2 heterocycles. The lowest BCUT2D eigenvalue weighted by molar-refractivity contribution is 0.999. The first-order valence-corrected chi connectivity index (χ1v) is 5.07. The molecule has 2 N–H and O–H groups in total. The highest BCUT2D eigenvalue weighted by molar-refractivity contribution is 7.71. The molecular formula is C9H5ClN4S. The summed E-state index contributed by atoms with van der Waals surface area (Å²) in [6.07, 6.45) is 0. The molecule has 74 valence electrons. The van der Waals surface area contributed by atoms with Gasteiger partial charge in [0.05, 0.1) is 10.5 Å². The molecule has 3 aromatic rings. The average Bonchev–Trinajstić information content (AvgIpc) is 2.56. The van der Waals surface area contributed by atoms with Crippen LogP contribution in [0.3, 0.4) is 0 Å². The van der Waals surface area contributed by atoms with E-state index in [-0.39, 0.29) is 0 Å². The van der Waals surface area contributed by atoms with Crippen LogP contribution in [0.1, 0.15) is 0 Å². The highest BCUT2D eigenvalue weighted by Gasteiger charge is 2.09. The van der Waals surface area contributed by atoms with Crippen molar-refractivity contribution in [3.8, 4) is 0 Å². The highest BCUT2D eigenvalue weighted by atomic mass is 35.5. The Hall–Kier alpha value is -1.46. The predicted octanol–water partition coefficient (Wildman–Crippen LogP) is 2.82. The van der Waals surface area contributed by atoms with E-state index in [1.54, 1.807) is 0 Å². The number of nitrogens with zero attached hydrogens (tertiary/aromatic N) is 2. The Morgan fingerprint density at radius 1 is 1.33 bits per heavy atom. The Labute approximate surface area is 94.3 Å². The molecular weight excluding hydrogens is 232 g/mol. The van der Waals surface area contributed by atoms with E-state index in [0.717, 1.165) is 10.9 Å². The summed E-state index contributed by atoms with van der Waals surface area (Å²) in [5.74, 6) is 0. The van der Waals surface area contributed by atoms with E-state index in [2.05, 4.69) is 20.2 Å². The maximum absolute atomic E-state index is 6.09. The topological polar surface area (TPSA) is 57.4 Å². The minimum absolute atomic E-state index is 0.352. The lowest BCUT2D eigenvalue weighted by Gasteiger charge is -1.92. The number of benzene rings is 1. The molecule has 0 atom stereocenters. The Bertz CT molecular complexity index is 715. The second-order valence-electron chi connectivity index (χ2n) is 3.13. The number of halogens is 1. The van der Waals surface area contributed by atoms with Gasteiger partial charge in [-0.05, 0) is 24.4 Å². The van der Waals surface area contributed by atoms with E-state index in [1.165, 1.54) is 0 Å². The van der Waals surface area contributed by atoms with E-state index in [1.807, 2.05) is 18.2 Å². The third-order valence-electron chi connectivity index (χ3n) is 2.20. The second kappa shape index (κ2) is 3.01. The standard InChI is InChI=1S/C9H5ClN4S/c10-4-2-1-3-5-6(4)7-8(11-5)12-9(15)14-13-7/h1-3H,(H2,11,12,14,15). The van der Waals surface area contributed by atoms with E-state index >= 15 is 0 Å².